The molecule has 0 aliphatic heterocycles. The van der Waals surface area contributed by atoms with Gasteiger partial charge in [-0.2, -0.15) is 0 Å². The van der Waals surface area contributed by atoms with Gasteiger partial charge in [0.25, 0.3) is 0 Å². The number of aliphatic carboxylic acids is 1. The van der Waals surface area contributed by atoms with Gasteiger partial charge in [0.05, 0.1) is 14.2 Å². The van der Waals surface area contributed by atoms with Gasteiger partial charge in [-0.25, -0.2) is 9.59 Å². The average molecular weight is 236 g/mol. The van der Waals surface area contributed by atoms with Gasteiger partial charge >= 0.3 is 11.9 Å². The Hall–Kier alpha value is -2.30. The van der Waals surface area contributed by atoms with Crippen LogP contribution in [0.4, 0.5) is 0 Å². The van der Waals surface area contributed by atoms with Gasteiger partial charge in [0.1, 0.15) is 11.3 Å². The number of hydrogen-bond donors (Lipinski definition) is 1. The molecule has 5 nitrogen and oxygen atoms in total. The molecule has 1 N–H and O–H groups in total. The molecular formula is C12H12O5. The summed E-state index contributed by atoms with van der Waals surface area (Å²) in [4.78, 5) is 22.0. The Kier molecular flexibility index (Phi) is 4.28. The fourth-order valence-electron chi connectivity index (χ4n) is 1.18. The maximum atomic E-state index is 11.2. The van der Waals surface area contributed by atoms with Gasteiger partial charge in [0, 0.05) is 0 Å². The van der Waals surface area contributed by atoms with Crippen LogP contribution in [0.2, 0.25) is 0 Å². The second kappa shape index (κ2) is 5.69. The number of benzene rings is 1. The van der Waals surface area contributed by atoms with Crippen molar-refractivity contribution in [2.45, 2.75) is 0 Å². The summed E-state index contributed by atoms with van der Waals surface area (Å²) in [5, 5.41) is 8.84. The summed E-state index contributed by atoms with van der Waals surface area (Å²) in [5.41, 5.74) is 0.159. The van der Waals surface area contributed by atoms with Crippen LogP contribution in [0.5, 0.6) is 5.75 Å². The van der Waals surface area contributed by atoms with Crippen LogP contribution in [0.1, 0.15) is 5.56 Å². The Bertz CT molecular complexity index is 444. The third-order valence-corrected chi connectivity index (χ3v) is 2.06. The van der Waals surface area contributed by atoms with Gasteiger partial charge in [0.15, 0.2) is 0 Å². The van der Waals surface area contributed by atoms with Gasteiger partial charge in [-0.05, 0) is 23.8 Å². The predicted molar refractivity (Wildman–Crippen MR) is 60.6 cm³/mol. The van der Waals surface area contributed by atoms with Crippen LogP contribution in [0.25, 0.3) is 6.08 Å². The molecule has 5 heteroatoms. The van der Waals surface area contributed by atoms with E-state index in [0.717, 1.165) is 7.11 Å². The van der Waals surface area contributed by atoms with Gasteiger partial charge in [0.2, 0.25) is 0 Å². The third kappa shape index (κ3) is 3.34. The van der Waals surface area contributed by atoms with E-state index in [-0.39, 0.29) is 0 Å². The molecule has 0 saturated heterocycles. The number of carboxylic acid groups (broad SMARTS) is 1. The summed E-state index contributed by atoms with van der Waals surface area (Å²) in [6.07, 6.45) is 1.24. The lowest BCUT2D eigenvalue weighted by molar-refractivity contribution is -0.142. The van der Waals surface area contributed by atoms with Gasteiger partial charge in [-0.3, -0.25) is 0 Å². The van der Waals surface area contributed by atoms with E-state index >= 15 is 0 Å². The topological polar surface area (TPSA) is 72.8 Å². The number of rotatable bonds is 4. The minimum Gasteiger partial charge on any atom is -0.497 e. The van der Waals surface area contributed by atoms with Crippen molar-refractivity contribution in [3.05, 3.63) is 35.4 Å². The number of methoxy groups -OCH3 is 2. The Balaban J connectivity index is 3.04. The normalized spacial score (nSPS) is 10.8. The fourth-order valence-corrected chi connectivity index (χ4v) is 1.18. The predicted octanol–water partition coefficient (Wildman–Crippen LogP) is 1.34. The van der Waals surface area contributed by atoms with E-state index in [1.165, 1.54) is 13.2 Å². The van der Waals surface area contributed by atoms with E-state index in [2.05, 4.69) is 4.74 Å². The quantitative estimate of drug-likeness (QED) is 0.369. The number of ether oxygens (including phenoxy) is 2. The Labute approximate surface area is 98.3 Å². The fraction of sp³-hybridized carbons (Fsp3) is 0.167. The SMILES string of the molecule is COC(=O)/C(=C/c1ccc(OC)cc1)C(=O)O. The standard InChI is InChI=1S/C12H12O5/c1-16-9-5-3-8(4-6-9)7-10(11(13)14)12(15)17-2/h3-7H,1-2H3,(H,13,14)/b10-7+. The van der Waals surface area contributed by atoms with Crippen molar-refractivity contribution >= 4 is 18.0 Å². The Morgan fingerprint density at radius 1 is 1.18 bits per heavy atom. The summed E-state index contributed by atoms with van der Waals surface area (Å²) in [6.45, 7) is 0. The smallest absolute Gasteiger partial charge is 0.345 e. The molecule has 0 fully saturated rings. The molecule has 0 saturated carbocycles. The van der Waals surface area contributed by atoms with E-state index in [1.54, 1.807) is 24.3 Å². The highest BCUT2D eigenvalue weighted by Crippen LogP contribution is 2.14. The zero-order chi connectivity index (χ0) is 12.8. The Morgan fingerprint density at radius 3 is 2.18 bits per heavy atom. The first-order valence-electron chi connectivity index (χ1n) is 4.76. The molecular weight excluding hydrogens is 224 g/mol. The van der Waals surface area contributed by atoms with Crippen LogP contribution in [-0.4, -0.2) is 31.3 Å². The average Bonchev–Trinajstić information content (AvgIpc) is 2.35. The number of esters is 1. The van der Waals surface area contributed by atoms with Crippen LogP contribution >= 0.6 is 0 Å². The second-order valence-corrected chi connectivity index (χ2v) is 3.13. The second-order valence-electron chi connectivity index (χ2n) is 3.13. The lowest BCUT2D eigenvalue weighted by Gasteiger charge is -2.02. The molecule has 1 aromatic rings. The van der Waals surface area contributed by atoms with E-state index in [0.29, 0.717) is 11.3 Å². The van der Waals surface area contributed by atoms with Crippen molar-refractivity contribution in [1.29, 1.82) is 0 Å². The van der Waals surface area contributed by atoms with Crippen LogP contribution in [0.15, 0.2) is 29.8 Å². The van der Waals surface area contributed by atoms with Crippen molar-refractivity contribution in [1.82, 2.24) is 0 Å². The van der Waals surface area contributed by atoms with Crippen molar-refractivity contribution in [2.24, 2.45) is 0 Å². The highest BCUT2D eigenvalue weighted by molar-refractivity contribution is 6.16. The van der Waals surface area contributed by atoms with Crippen LogP contribution in [-0.2, 0) is 14.3 Å². The highest BCUT2D eigenvalue weighted by atomic mass is 16.5. The zero-order valence-corrected chi connectivity index (χ0v) is 9.47. The molecule has 0 aromatic heterocycles. The maximum Gasteiger partial charge on any atom is 0.345 e. The molecule has 90 valence electrons. The molecule has 1 aromatic carbocycles. The highest BCUT2D eigenvalue weighted by Gasteiger charge is 2.17. The van der Waals surface area contributed by atoms with Crippen LogP contribution in [0, 0.1) is 0 Å². The zero-order valence-electron chi connectivity index (χ0n) is 9.47. The first-order valence-corrected chi connectivity index (χ1v) is 4.76. The van der Waals surface area contributed by atoms with E-state index in [1.807, 2.05) is 0 Å². The van der Waals surface area contributed by atoms with E-state index < -0.39 is 17.5 Å². The molecule has 0 aliphatic rings. The molecule has 0 heterocycles. The summed E-state index contributed by atoms with van der Waals surface area (Å²) in [7, 11) is 2.66. The van der Waals surface area contributed by atoms with E-state index in [4.69, 9.17) is 9.84 Å². The lowest BCUT2D eigenvalue weighted by atomic mass is 10.1. The molecule has 0 unspecified atom stereocenters. The summed E-state index contributed by atoms with van der Waals surface area (Å²) >= 11 is 0. The molecule has 0 atom stereocenters. The van der Waals surface area contributed by atoms with Crippen LogP contribution < -0.4 is 4.74 Å². The lowest BCUT2D eigenvalue weighted by Crippen LogP contribution is -2.13. The van der Waals surface area contributed by atoms with Crippen molar-refractivity contribution in [2.75, 3.05) is 14.2 Å². The number of carboxylic acids is 1. The molecule has 0 aliphatic carbocycles. The molecule has 0 bridgehead atoms. The van der Waals surface area contributed by atoms with Crippen molar-refractivity contribution in [3.63, 3.8) is 0 Å². The minimum absolute atomic E-state index is 0.419. The van der Waals surface area contributed by atoms with Crippen molar-refractivity contribution in [3.8, 4) is 5.75 Å². The van der Waals surface area contributed by atoms with Gasteiger partial charge in [-0.15, -0.1) is 0 Å². The van der Waals surface area contributed by atoms with E-state index in [9.17, 15) is 9.59 Å². The number of carbonyl (C=O) groups excluding carboxylic acids is 1. The van der Waals surface area contributed by atoms with Crippen molar-refractivity contribution < 1.29 is 24.2 Å². The molecule has 1 rings (SSSR count). The Morgan fingerprint density at radius 2 is 1.76 bits per heavy atom. The molecule has 0 amide bonds. The minimum atomic E-state index is -1.33. The summed E-state index contributed by atoms with van der Waals surface area (Å²) < 4.78 is 9.34. The summed E-state index contributed by atoms with van der Waals surface area (Å²) in [5.74, 6) is -1.56. The van der Waals surface area contributed by atoms with Crippen LogP contribution in [0.3, 0.4) is 0 Å². The molecule has 17 heavy (non-hydrogen) atoms. The maximum absolute atomic E-state index is 11.2. The van der Waals surface area contributed by atoms with Gasteiger partial charge < -0.3 is 14.6 Å². The number of hydrogen-bond acceptors (Lipinski definition) is 4. The third-order valence-electron chi connectivity index (χ3n) is 2.06. The largest absolute Gasteiger partial charge is 0.497 e. The summed E-state index contributed by atoms with van der Waals surface area (Å²) in [6, 6.07) is 6.63. The first kappa shape index (κ1) is 12.8. The van der Waals surface area contributed by atoms with Gasteiger partial charge in [-0.1, -0.05) is 12.1 Å². The molecule has 0 spiro atoms. The monoisotopic (exact) mass is 236 g/mol. The number of carbonyl (C=O) groups is 2. The first-order chi connectivity index (χ1) is 8.08. The molecule has 0 radical (unpaired) electrons.